The molecule has 2 aromatic rings. The molecule has 0 radical (unpaired) electrons. The summed E-state index contributed by atoms with van der Waals surface area (Å²) in [5.74, 6) is -0.263. The molecule has 2 aromatic heterocycles. The van der Waals surface area contributed by atoms with Crippen molar-refractivity contribution in [3.05, 3.63) is 39.1 Å². The third-order valence-electron chi connectivity index (χ3n) is 2.63. The van der Waals surface area contributed by atoms with Crippen molar-refractivity contribution >= 4 is 34.7 Å². The smallest absolute Gasteiger partial charge is 0.258 e. The van der Waals surface area contributed by atoms with Crippen molar-refractivity contribution in [2.75, 3.05) is 5.32 Å². The Labute approximate surface area is 119 Å². The summed E-state index contributed by atoms with van der Waals surface area (Å²) in [5, 5.41) is 12.2. The number of nitrogens with zero attached hydrogens (tertiary/aromatic N) is 2. The van der Waals surface area contributed by atoms with Gasteiger partial charge in [0.2, 0.25) is 0 Å². The number of anilines is 1. The van der Waals surface area contributed by atoms with Gasteiger partial charge in [0, 0.05) is 16.6 Å². The Hall–Kier alpha value is -1.50. The number of halogens is 1. The van der Waals surface area contributed by atoms with Gasteiger partial charge in [0.1, 0.15) is 5.15 Å². The van der Waals surface area contributed by atoms with Crippen molar-refractivity contribution < 1.29 is 9.90 Å². The van der Waals surface area contributed by atoms with E-state index in [1.165, 1.54) is 23.8 Å². The van der Waals surface area contributed by atoms with Crippen LogP contribution in [0.1, 0.15) is 26.5 Å². The first-order valence-corrected chi connectivity index (χ1v) is 6.67. The van der Waals surface area contributed by atoms with Crippen LogP contribution in [0.25, 0.3) is 0 Å². The predicted octanol–water partition coefficient (Wildman–Crippen LogP) is 2.55. The summed E-state index contributed by atoms with van der Waals surface area (Å²) in [5.41, 5.74) is 2.21. The Morgan fingerprint density at radius 3 is 2.84 bits per heavy atom. The fraction of sp³-hybridized carbons (Fsp3) is 0.250. The van der Waals surface area contributed by atoms with Gasteiger partial charge in [-0.2, -0.15) is 4.37 Å². The average Bonchev–Trinajstić information content (AvgIpc) is 2.69. The number of pyridine rings is 1. The van der Waals surface area contributed by atoms with Crippen molar-refractivity contribution in [1.82, 2.24) is 9.36 Å². The quantitative estimate of drug-likeness (QED) is 0.854. The summed E-state index contributed by atoms with van der Waals surface area (Å²) in [6.07, 6.45) is 1.43. The van der Waals surface area contributed by atoms with Crippen molar-refractivity contribution in [2.24, 2.45) is 0 Å². The number of aliphatic hydroxyl groups excluding tert-OH is 1. The zero-order chi connectivity index (χ0) is 14.0. The van der Waals surface area contributed by atoms with E-state index in [4.69, 9.17) is 11.6 Å². The highest BCUT2D eigenvalue weighted by atomic mass is 35.5. The molecule has 2 heterocycles. The van der Waals surface area contributed by atoms with Crippen molar-refractivity contribution in [3.63, 3.8) is 0 Å². The number of nitrogens with one attached hydrogen (secondary N) is 1. The van der Waals surface area contributed by atoms with Crippen LogP contribution >= 0.6 is 23.1 Å². The van der Waals surface area contributed by atoms with E-state index in [1.807, 2.05) is 6.92 Å². The molecule has 100 valence electrons. The van der Waals surface area contributed by atoms with E-state index in [0.29, 0.717) is 22.5 Å². The van der Waals surface area contributed by atoms with Gasteiger partial charge in [-0.3, -0.25) is 4.79 Å². The summed E-state index contributed by atoms with van der Waals surface area (Å²) < 4.78 is 4.13. The van der Waals surface area contributed by atoms with E-state index in [2.05, 4.69) is 14.7 Å². The summed E-state index contributed by atoms with van der Waals surface area (Å²) in [4.78, 5) is 16.9. The normalized spacial score (nSPS) is 10.5. The number of hydrogen-bond donors (Lipinski definition) is 2. The summed E-state index contributed by atoms with van der Waals surface area (Å²) in [6, 6.07) is 1.51. The number of aryl methyl sites for hydroxylation is 2. The van der Waals surface area contributed by atoms with Gasteiger partial charge in [0.25, 0.3) is 5.91 Å². The van der Waals surface area contributed by atoms with E-state index in [0.717, 1.165) is 4.88 Å². The number of amides is 1. The molecule has 19 heavy (non-hydrogen) atoms. The van der Waals surface area contributed by atoms with E-state index in [-0.39, 0.29) is 17.7 Å². The van der Waals surface area contributed by atoms with Gasteiger partial charge in [0.15, 0.2) is 0 Å². The summed E-state index contributed by atoms with van der Waals surface area (Å²) >= 11 is 7.07. The van der Waals surface area contributed by atoms with Crippen LogP contribution in [0.3, 0.4) is 0 Å². The van der Waals surface area contributed by atoms with Crippen LogP contribution in [0.5, 0.6) is 0 Å². The molecule has 1 amide bonds. The molecular weight excluding hydrogens is 286 g/mol. The third-order valence-corrected chi connectivity index (χ3v) is 3.68. The number of carbonyl (C=O) groups excluding carboxylic acids is 1. The van der Waals surface area contributed by atoms with Crippen LogP contribution in [0.2, 0.25) is 5.15 Å². The van der Waals surface area contributed by atoms with Crippen LogP contribution in [0, 0.1) is 13.8 Å². The summed E-state index contributed by atoms with van der Waals surface area (Å²) in [6.45, 7) is 3.40. The molecule has 7 heteroatoms. The Bertz CT molecular complexity index is 608. The number of rotatable bonds is 3. The number of carbonyl (C=O) groups is 1. The average molecular weight is 298 g/mol. The molecule has 0 aromatic carbocycles. The molecule has 0 atom stereocenters. The Balaban J connectivity index is 2.31. The predicted molar refractivity (Wildman–Crippen MR) is 74.7 cm³/mol. The highest BCUT2D eigenvalue weighted by Crippen LogP contribution is 2.22. The van der Waals surface area contributed by atoms with Gasteiger partial charge >= 0.3 is 0 Å². The first-order chi connectivity index (χ1) is 9.02. The van der Waals surface area contributed by atoms with Gasteiger partial charge in [-0.25, -0.2) is 4.98 Å². The monoisotopic (exact) mass is 297 g/mol. The molecular formula is C12H12ClN3O2S. The van der Waals surface area contributed by atoms with Gasteiger partial charge in [-0.15, -0.1) is 0 Å². The number of aromatic nitrogens is 2. The number of hydrogen-bond acceptors (Lipinski definition) is 5. The molecule has 2 N–H and O–H groups in total. The highest BCUT2D eigenvalue weighted by Gasteiger charge is 2.17. The van der Waals surface area contributed by atoms with Gasteiger partial charge < -0.3 is 10.4 Å². The van der Waals surface area contributed by atoms with Crippen LogP contribution in [0.15, 0.2) is 12.3 Å². The molecule has 0 aliphatic carbocycles. The maximum absolute atomic E-state index is 12.2. The van der Waals surface area contributed by atoms with E-state index >= 15 is 0 Å². The summed E-state index contributed by atoms with van der Waals surface area (Å²) in [7, 11) is 0. The first kappa shape index (κ1) is 13.9. The topological polar surface area (TPSA) is 75.1 Å². The lowest BCUT2D eigenvalue weighted by Crippen LogP contribution is -2.15. The second kappa shape index (κ2) is 5.64. The minimum absolute atomic E-state index is 0.223. The second-order valence-electron chi connectivity index (χ2n) is 3.98. The van der Waals surface area contributed by atoms with Crippen LogP contribution < -0.4 is 5.32 Å². The maximum atomic E-state index is 12.2. The molecule has 0 fully saturated rings. The maximum Gasteiger partial charge on any atom is 0.258 e. The molecule has 2 rings (SSSR count). The molecule has 5 nitrogen and oxygen atoms in total. The van der Waals surface area contributed by atoms with Gasteiger partial charge in [-0.1, -0.05) is 11.6 Å². The second-order valence-corrected chi connectivity index (χ2v) is 5.34. The van der Waals surface area contributed by atoms with Crippen LogP contribution in [0.4, 0.5) is 5.69 Å². The van der Waals surface area contributed by atoms with E-state index < -0.39 is 0 Å². The lowest BCUT2D eigenvalue weighted by Gasteiger charge is -2.09. The van der Waals surface area contributed by atoms with Crippen molar-refractivity contribution in [2.45, 2.75) is 20.5 Å². The highest BCUT2D eigenvalue weighted by molar-refractivity contribution is 7.06. The first-order valence-electron chi connectivity index (χ1n) is 5.52. The Kier molecular flexibility index (Phi) is 4.14. The van der Waals surface area contributed by atoms with Gasteiger partial charge in [0.05, 0.1) is 23.6 Å². The molecule has 0 aliphatic heterocycles. The molecule has 0 spiro atoms. The third kappa shape index (κ3) is 2.91. The SMILES string of the molecule is Cc1nsc(C)c1C(=O)Nc1cc(Cl)ncc1CO. The molecule has 0 bridgehead atoms. The standard InChI is InChI=1S/C12H12ClN3O2S/c1-6-11(7(2)19-16-6)12(18)15-9-3-10(13)14-4-8(9)5-17/h3-4,17H,5H2,1-2H3,(H,14,15,18). The minimum Gasteiger partial charge on any atom is -0.392 e. The molecule has 0 unspecified atom stereocenters. The van der Waals surface area contributed by atoms with Crippen molar-refractivity contribution in [3.8, 4) is 0 Å². The number of aliphatic hydroxyl groups is 1. The zero-order valence-corrected chi connectivity index (χ0v) is 12.0. The largest absolute Gasteiger partial charge is 0.392 e. The molecule has 0 aliphatic rings. The fourth-order valence-corrected chi connectivity index (χ4v) is 2.55. The van der Waals surface area contributed by atoms with Crippen molar-refractivity contribution in [1.29, 1.82) is 0 Å². The lowest BCUT2D eigenvalue weighted by atomic mass is 10.2. The lowest BCUT2D eigenvalue weighted by molar-refractivity contribution is 0.102. The molecule has 0 saturated heterocycles. The fourth-order valence-electron chi connectivity index (χ4n) is 1.69. The van der Waals surface area contributed by atoms with Crippen LogP contribution in [-0.2, 0) is 6.61 Å². The Morgan fingerprint density at radius 1 is 1.53 bits per heavy atom. The minimum atomic E-state index is -0.263. The zero-order valence-electron chi connectivity index (χ0n) is 10.4. The molecule has 0 saturated carbocycles. The van der Waals surface area contributed by atoms with Crippen LogP contribution in [-0.4, -0.2) is 20.4 Å². The Morgan fingerprint density at radius 2 is 2.26 bits per heavy atom. The van der Waals surface area contributed by atoms with E-state index in [1.54, 1.807) is 6.92 Å². The van der Waals surface area contributed by atoms with E-state index in [9.17, 15) is 9.90 Å². The van der Waals surface area contributed by atoms with Gasteiger partial charge in [-0.05, 0) is 31.4 Å².